The molecule has 5 heteroatoms. The Hall–Kier alpha value is -2.30. The lowest BCUT2D eigenvalue weighted by Gasteiger charge is -2.23. The van der Waals surface area contributed by atoms with E-state index < -0.39 is 0 Å². The van der Waals surface area contributed by atoms with Crippen molar-refractivity contribution in [1.29, 1.82) is 0 Å². The predicted octanol–water partition coefficient (Wildman–Crippen LogP) is 3.12. The van der Waals surface area contributed by atoms with Crippen molar-refractivity contribution in [3.8, 4) is 0 Å². The number of aliphatic imine (C=N–C) groups is 1. The zero-order chi connectivity index (χ0) is 17.1. The van der Waals surface area contributed by atoms with Crippen LogP contribution in [0.15, 0.2) is 47.6 Å². The Balaban J connectivity index is 1.64. The summed E-state index contributed by atoms with van der Waals surface area (Å²) >= 11 is 0. The molecule has 128 valence electrons. The number of aryl methyl sites for hydroxylation is 1. The van der Waals surface area contributed by atoms with Crippen molar-refractivity contribution in [2.75, 3.05) is 13.6 Å². The number of halogens is 1. The molecule has 2 atom stereocenters. The van der Waals surface area contributed by atoms with Gasteiger partial charge in [-0.3, -0.25) is 4.99 Å². The molecule has 1 aliphatic carbocycles. The third-order valence-electron chi connectivity index (χ3n) is 4.53. The van der Waals surface area contributed by atoms with Crippen LogP contribution in [0, 0.1) is 5.82 Å². The smallest absolute Gasteiger partial charge is 0.194 e. The van der Waals surface area contributed by atoms with Gasteiger partial charge in [0.2, 0.25) is 0 Å². The average molecular weight is 328 g/mol. The van der Waals surface area contributed by atoms with Gasteiger partial charge in [-0.05, 0) is 37.1 Å². The Bertz CT molecular complexity index is 722. The summed E-state index contributed by atoms with van der Waals surface area (Å²) in [6.45, 7) is 3.53. The molecule has 4 nitrogen and oxygen atoms in total. The van der Waals surface area contributed by atoms with E-state index in [1.807, 2.05) is 45.4 Å². The van der Waals surface area contributed by atoms with Crippen molar-refractivity contribution in [3.05, 3.63) is 59.7 Å². The van der Waals surface area contributed by atoms with Crippen molar-refractivity contribution in [2.24, 2.45) is 12.0 Å². The second kappa shape index (κ2) is 7.07. The highest BCUT2D eigenvalue weighted by atomic mass is 19.1. The molecular formula is C19H25FN4. The van der Waals surface area contributed by atoms with Gasteiger partial charge in [-0.2, -0.15) is 0 Å². The van der Waals surface area contributed by atoms with E-state index in [4.69, 9.17) is 0 Å². The number of hydrogen-bond donors (Lipinski definition) is 1. The van der Waals surface area contributed by atoms with Gasteiger partial charge in [0.05, 0.1) is 6.54 Å². The van der Waals surface area contributed by atoms with E-state index >= 15 is 0 Å². The van der Waals surface area contributed by atoms with Crippen molar-refractivity contribution in [1.82, 2.24) is 14.8 Å². The van der Waals surface area contributed by atoms with Crippen LogP contribution < -0.4 is 5.32 Å². The maximum absolute atomic E-state index is 13.9. The van der Waals surface area contributed by atoms with Crippen LogP contribution in [0.4, 0.5) is 4.39 Å². The fraction of sp³-hybridized carbons (Fsp3) is 0.421. The van der Waals surface area contributed by atoms with Gasteiger partial charge in [0.1, 0.15) is 5.82 Å². The van der Waals surface area contributed by atoms with Crippen LogP contribution in [0.1, 0.15) is 30.5 Å². The maximum atomic E-state index is 13.9. The summed E-state index contributed by atoms with van der Waals surface area (Å²) in [4.78, 5) is 6.71. The third-order valence-corrected chi connectivity index (χ3v) is 4.53. The number of aromatic nitrogens is 1. The molecule has 1 aromatic carbocycles. The monoisotopic (exact) mass is 328 g/mol. The number of guanidine groups is 1. The van der Waals surface area contributed by atoms with Gasteiger partial charge in [0.25, 0.3) is 0 Å². The molecular weight excluding hydrogens is 303 g/mol. The van der Waals surface area contributed by atoms with Crippen molar-refractivity contribution in [2.45, 2.75) is 31.8 Å². The number of hydrogen-bond acceptors (Lipinski definition) is 1. The van der Waals surface area contributed by atoms with Crippen molar-refractivity contribution < 1.29 is 4.39 Å². The number of rotatable bonds is 5. The summed E-state index contributed by atoms with van der Waals surface area (Å²) in [5.74, 6) is 0.997. The van der Waals surface area contributed by atoms with Crippen LogP contribution in [-0.4, -0.2) is 35.1 Å². The largest absolute Gasteiger partial charge is 0.353 e. The van der Waals surface area contributed by atoms with Gasteiger partial charge in [0, 0.05) is 44.5 Å². The molecule has 2 aromatic rings. The Morgan fingerprint density at radius 1 is 1.33 bits per heavy atom. The molecule has 0 saturated heterocycles. The summed E-state index contributed by atoms with van der Waals surface area (Å²) in [6, 6.07) is 11.5. The molecule has 0 radical (unpaired) electrons. The molecule has 0 amide bonds. The fourth-order valence-electron chi connectivity index (χ4n) is 3.04. The molecule has 1 aromatic heterocycles. The summed E-state index contributed by atoms with van der Waals surface area (Å²) in [5, 5.41) is 3.50. The molecule has 1 aliphatic rings. The second-order valence-corrected chi connectivity index (χ2v) is 6.38. The molecule has 0 aliphatic heterocycles. The number of nitrogens with one attached hydrogen (secondary N) is 1. The Labute approximate surface area is 143 Å². The third kappa shape index (κ3) is 3.61. The quantitative estimate of drug-likeness (QED) is 0.676. The number of benzene rings is 1. The minimum absolute atomic E-state index is 0.113. The first-order valence-corrected chi connectivity index (χ1v) is 8.47. The van der Waals surface area contributed by atoms with E-state index in [0.29, 0.717) is 0 Å². The Morgan fingerprint density at radius 2 is 2.12 bits per heavy atom. The topological polar surface area (TPSA) is 32.6 Å². The summed E-state index contributed by atoms with van der Waals surface area (Å²) in [5.41, 5.74) is 2.03. The predicted molar refractivity (Wildman–Crippen MR) is 95.5 cm³/mol. The molecule has 24 heavy (non-hydrogen) atoms. The highest BCUT2D eigenvalue weighted by Crippen LogP contribution is 2.41. The zero-order valence-corrected chi connectivity index (χ0v) is 14.5. The van der Waals surface area contributed by atoms with Crippen LogP contribution in [0.3, 0.4) is 0 Å². The molecule has 1 fully saturated rings. The van der Waals surface area contributed by atoms with Crippen LogP contribution in [-0.2, 0) is 13.6 Å². The van der Waals surface area contributed by atoms with Gasteiger partial charge >= 0.3 is 0 Å². The molecule has 1 saturated carbocycles. The molecule has 0 spiro atoms. The highest BCUT2D eigenvalue weighted by molar-refractivity contribution is 5.80. The number of nitrogens with zero attached hydrogens (tertiary/aromatic N) is 3. The standard InChI is InChI=1S/C19H25FN4/c1-4-21-19(24(3)13-14-8-7-11-23(14)2)22-18-12-16(18)15-9-5-6-10-17(15)20/h5-11,16,18H,4,12-13H2,1-3H3,(H,21,22). The summed E-state index contributed by atoms with van der Waals surface area (Å²) in [7, 11) is 4.08. The van der Waals surface area contributed by atoms with Crippen molar-refractivity contribution in [3.63, 3.8) is 0 Å². The summed E-state index contributed by atoms with van der Waals surface area (Å²) in [6.07, 6.45) is 2.99. The van der Waals surface area contributed by atoms with Crippen molar-refractivity contribution >= 4 is 5.96 Å². The second-order valence-electron chi connectivity index (χ2n) is 6.38. The first kappa shape index (κ1) is 16.6. The van der Waals surface area contributed by atoms with E-state index in [0.717, 1.165) is 31.0 Å². The molecule has 1 N–H and O–H groups in total. The van der Waals surface area contributed by atoms with Gasteiger partial charge in [-0.1, -0.05) is 18.2 Å². The SMILES string of the molecule is CCN=C(NC1CC1c1ccccc1F)N(C)Cc1cccn1C. The van der Waals surface area contributed by atoms with Crippen LogP contribution in [0.25, 0.3) is 0 Å². The lowest BCUT2D eigenvalue weighted by Crippen LogP contribution is -2.40. The summed E-state index contributed by atoms with van der Waals surface area (Å²) < 4.78 is 16.0. The van der Waals surface area contributed by atoms with Gasteiger partial charge in [0.15, 0.2) is 5.96 Å². The zero-order valence-electron chi connectivity index (χ0n) is 14.5. The van der Waals surface area contributed by atoms with Gasteiger partial charge in [-0.15, -0.1) is 0 Å². The Morgan fingerprint density at radius 3 is 2.79 bits per heavy atom. The normalized spacial score (nSPS) is 20.1. The van der Waals surface area contributed by atoms with E-state index in [9.17, 15) is 4.39 Å². The van der Waals surface area contributed by atoms with Gasteiger partial charge in [-0.25, -0.2) is 4.39 Å². The lowest BCUT2D eigenvalue weighted by molar-refractivity contribution is 0.459. The minimum Gasteiger partial charge on any atom is -0.353 e. The molecule has 0 bridgehead atoms. The lowest BCUT2D eigenvalue weighted by atomic mass is 10.1. The highest BCUT2D eigenvalue weighted by Gasteiger charge is 2.40. The minimum atomic E-state index is -0.113. The molecule has 1 heterocycles. The fourth-order valence-corrected chi connectivity index (χ4v) is 3.04. The van der Waals surface area contributed by atoms with E-state index in [1.54, 1.807) is 6.07 Å². The van der Waals surface area contributed by atoms with Crippen LogP contribution >= 0.6 is 0 Å². The van der Waals surface area contributed by atoms with E-state index in [2.05, 4.69) is 25.8 Å². The average Bonchev–Trinajstić information content (AvgIpc) is 3.21. The van der Waals surface area contributed by atoms with Gasteiger partial charge < -0.3 is 14.8 Å². The van der Waals surface area contributed by atoms with Crippen LogP contribution in [0.2, 0.25) is 0 Å². The van der Waals surface area contributed by atoms with E-state index in [-0.39, 0.29) is 17.8 Å². The Kier molecular flexibility index (Phi) is 4.88. The van der Waals surface area contributed by atoms with E-state index in [1.165, 1.54) is 11.8 Å². The first-order valence-electron chi connectivity index (χ1n) is 8.47. The molecule has 3 rings (SSSR count). The first-order chi connectivity index (χ1) is 11.6. The maximum Gasteiger partial charge on any atom is 0.194 e. The van der Waals surface area contributed by atoms with Crippen LogP contribution in [0.5, 0.6) is 0 Å². The molecule has 2 unspecified atom stereocenters.